The van der Waals surface area contributed by atoms with Crippen molar-refractivity contribution in [3.05, 3.63) is 29.8 Å². The Morgan fingerprint density at radius 1 is 1.45 bits per heavy atom. The van der Waals surface area contributed by atoms with Crippen molar-refractivity contribution >= 4 is 11.7 Å². The highest BCUT2D eigenvalue weighted by Gasteiger charge is 2.22. The molecule has 110 valence electrons. The van der Waals surface area contributed by atoms with Crippen molar-refractivity contribution in [2.75, 3.05) is 6.61 Å². The number of para-hydroxylation sites is 1. The molecule has 0 aliphatic carbocycles. The molecule has 1 aromatic rings. The van der Waals surface area contributed by atoms with E-state index < -0.39 is 6.04 Å². The Bertz CT molecular complexity index is 486. The molecule has 1 rings (SSSR count). The average Bonchev–Trinajstić information content (AvgIpc) is 2.44. The summed E-state index contributed by atoms with van der Waals surface area (Å²) in [6.07, 6.45) is 0. The lowest BCUT2D eigenvalue weighted by Crippen LogP contribution is -2.47. The number of amidine groups is 1. The SMILES string of the molecule is CCOc1ccccc1C(=O)NC(C(N)=NO)C(C)C. The number of ether oxygens (including phenoxy) is 1. The third-order valence-electron chi connectivity index (χ3n) is 2.82. The fourth-order valence-corrected chi connectivity index (χ4v) is 1.80. The van der Waals surface area contributed by atoms with E-state index >= 15 is 0 Å². The molecule has 0 spiro atoms. The van der Waals surface area contributed by atoms with Crippen molar-refractivity contribution in [1.29, 1.82) is 0 Å². The van der Waals surface area contributed by atoms with E-state index in [4.69, 9.17) is 15.7 Å². The minimum absolute atomic E-state index is 0.00546. The van der Waals surface area contributed by atoms with Crippen LogP contribution < -0.4 is 15.8 Å². The summed E-state index contributed by atoms with van der Waals surface area (Å²) in [5.74, 6) is 0.158. The Labute approximate surface area is 118 Å². The highest BCUT2D eigenvalue weighted by Crippen LogP contribution is 2.18. The number of benzene rings is 1. The minimum Gasteiger partial charge on any atom is -0.493 e. The van der Waals surface area contributed by atoms with Gasteiger partial charge in [-0.25, -0.2) is 0 Å². The van der Waals surface area contributed by atoms with E-state index in [0.29, 0.717) is 17.9 Å². The number of hydrogen-bond donors (Lipinski definition) is 3. The van der Waals surface area contributed by atoms with Gasteiger partial charge in [-0.15, -0.1) is 0 Å². The Kier molecular flexibility index (Phi) is 5.83. The van der Waals surface area contributed by atoms with Gasteiger partial charge >= 0.3 is 0 Å². The Morgan fingerprint density at radius 3 is 2.65 bits per heavy atom. The molecule has 0 saturated heterocycles. The van der Waals surface area contributed by atoms with Gasteiger partial charge in [-0.3, -0.25) is 4.79 Å². The average molecular weight is 279 g/mol. The third-order valence-corrected chi connectivity index (χ3v) is 2.82. The molecule has 6 heteroatoms. The van der Waals surface area contributed by atoms with Crippen LogP contribution in [0.2, 0.25) is 0 Å². The normalized spacial score (nSPS) is 13.1. The molecule has 20 heavy (non-hydrogen) atoms. The van der Waals surface area contributed by atoms with Crippen LogP contribution in [0.15, 0.2) is 29.4 Å². The van der Waals surface area contributed by atoms with Crippen LogP contribution in [0.4, 0.5) is 0 Å². The number of nitrogens with zero attached hydrogens (tertiary/aromatic N) is 1. The fourth-order valence-electron chi connectivity index (χ4n) is 1.80. The van der Waals surface area contributed by atoms with E-state index in [9.17, 15) is 4.79 Å². The summed E-state index contributed by atoms with van der Waals surface area (Å²) in [6.45, 7) is 6.06. The lowest BCUT2D eigenvalue weighted by Gasteiger charge is -2.21. The first-order chi connectivity index (χ1) is 9.51. The van der Waals surface area contributed by atoms with Crippen molar-refractivity contribution in [3.63, 3.8) is 0 Å². The molecule has 0 aromatic heterocycles. The van der Waals surface area contributed by atoms with Gasteiger partial charge < -0.3 is 21.0 Å². The maximum Gasteiger partial charge on any atom is 0.255 e. The van der Waals surface area contributed by atoms with Gasteiger partial charge in [0.15, 0.2) is 5.84 Å². The molecule has 0 saturated carbocycles. The Balaban J connectivity index is 2.95. The van der Waals surface area contributed by atoms with Crippen LogP contribution in [0.25, 0.3) is 0 Å². The fraction of sp³-hybridized carbons (Fsp3) is 0.429. The number of nitrogens with one attached hydrogen (secondary N) is 1. The summed E-state index contributed by atoms with van der Waals surface area (Å²) in [4.78, 5) is 12.3. The van der Waals surface area contributed by atoms with Gasteiger partial charge in [-0.1, -0.05) is 31.1 Å². The number of hydrogen-bond acceptors (Lipinski definition) is 4. The Hall–Kier alpha value is -2.24. The predicted octanol–water partition coefficient (Wildman–Crippen LogP) is 1.59. The molecule has 0 fully saturated rings. The first-order valence-corrected chi connectivity index (χ1v) is 6.51. The standard InChI is InChI=1S/C14H21N3O3/c1-4-20-11-8-6-5-7-10(11)14(18)16-12(9(2)3)13(15)17-19/h5-9,12,19H,4H2,1-3H3,(H2,15,17)(H,16,18). The van der Waals surface area contributed by atoms with Gasteiger partial charge in [0.1, 0.15) is 5.75 Å². The number of oxime groups is 1. The van der Waals surface area contributed by atoms with Crippen LogP contribution in [0.5, 0.6) is 5.75 Å². The van der Waals surface area contributed by atoms with Gasteiger partial charge in [0, 0.05) is 0 Å². The van der Waals surface area contributed by atoms with E-state index in [0.717, 1.165) is 0 Å². The summed E-state index contributed by atoms with van der Waals surface area (Å²) in [5.41, 5.74) is 6.02. The molecule has 1 amide bonds. The monoisotopic (exact) mass is 279 g/mol. The first-order valence-electron chi connectivity index (χ1n) is 6.51. The second kappa shape index (κ2) is 7.37. The molecule has 1 unspecified atom stereocenters. The molecule has 0 aliphatic rings. The topological polar surface area (TPSA) is 96.9 Å². The van der Waals surface area contributed by atoms with Gasteiger partial charge in [0.2, 0.25) is 0 Å². The zero-order valence-corrected chi connectivity index (χ0v) is 12.0. The molecule has 0 aliphatic heterocycles. The second-order valence-corrected chi connectivity index (χ2v) is 4.65. The summed E-state index contributed by atoms with van der Waals surface area (Å²) in [7, 11) is 0. The van der Waals surface area contributed by atoms with Gasteiger partial charge in [-0.2, -0.15) is 0 Å². The molecule has 1 atom stereocenters. The molecule has 0 heterocycles. The van der Waals surface area contributed by atoms with Gasteiger partial charge in [-0.05, 0) is 25.0 Å². The summed E-state index contributed by atoms with van der Waals surface area (Å²) in [5, 5.41) is 14.5. The first kappa shape index (κ1) is 15.8. The minimum atomic E-state index is -0.540. The van der Waals surface area contributed by atoms with Crippen LogP contribution in [-0.4, -0.2) is 29.6 Å². The zero-order valence-electron chi connectivity index (χ0n) is 12.0. The Morgan fingerprint density at radius 2 is 2.10 bits per heavy atom. The van der Waals surface area contributed by atoms with E-state index in [2.05, 4.69) is 10.5 Å². The third kappa shape index (κ3) is 3.88. The number of nitrogens with two attached hydrogens (primary N) is 1. The van der Waals surface area contributed by atoms with E-state index in [1.165, 1.54) is 0 Å². The van der Waals surface area contributed by atoms with Crippen molar-refractivity contribution in [2.24, 2.45) is 16.8 Å². The number of rotatable bonds is 6. The van der Waals surface area contributed by atoms with E-state index in [-0.39, 0.29) is 17.7 Å². The van der Waals surface area contributed by atoms with Crippen LogP contribution in [0, 0.1) is 5.92 Å². The zero-order chi connectivity index (χ0) is 15.1. The van der Waals surface area contributed by atoms with Crippen LogP contribution in [0.1, 0.15) is 31.1 Å². The second-order valence-electron chi connectivity index (χ2n) is 4.65. The van der Waals surface area contributed by atoms with Gasteiger partial charge in [0.25, 0.3) is 5.91 Å². The molecular formula is C14H21N3O3. The van der Waals surface area contributed by atoms with Crippen LogP contribution >= 0.6 is 0 Å². The molecule has 6 nitrogen and oxygen atoms in total. The molecule has 4 N–H and O–H groups in total. The van der Waals surface area contributed by atoms with Crippen molar-refractivity contribution in [2.45, 2.75) is 26.8 Å². The summed E-state index contributed by atoms with van der Waals surface area (Å²) < 4.78 is 5.42. The maximum atomic E-state index is 12.3. The number of carbonyl (C=O) groups is 1. The highest BCUT2D eigenvalue weighted by molar-refractivity contribution is 6.00. The number of amides is 1. The van der Waals surface area contributed by atoms with E-state index in [1.807, 2.05) is 20.8 Å². The smallest absolute Gasteiger partial charge is 0.255 e. The molecule has 0 radical (unpaired) electrons. The molecular weight excluding hydrogens is 258 g/mol. The maximum absolute atomic E-state index is 12.3. The van der Waals surface area contributed by atoms with E-state index in [1.54, 1.807) is 24.3 Å². The summed E-state index contributed by atoms with van der Waals surface area (Å²) >= 11 is 0. The predicted molar refractivity (Wildman–Crippen MR) is 77.1 cm³/mol. The van der Waals surface area contributed by atoms with Crippen LogP contribution in [-0.2, 0) is 0 Å². The van der Waals surface area contributed by atoms with Crippen molar-refractivity contribution < 1.29 is 14.7 Å². The largest absolute Gasteiger partial charge is 0.493 e. The van der Waals surface area contributed by atoms with Crippen molar-refractivity contribution in [3.8, 4) is 5.75 Å². The lowest BCUT2D eigenvalue weighted by atomic mass is 10.0. The summed E-state index contributed by atoms with van der Waals surface area (Å²) in [6, 6.07) is 6.41. The highest BCUT2D eigenvalue weighted by atomic mass is 16.5. The van der Waals surface area contributed by atoms with Crippen LogP contribution in [0.3, 0.4) is 0 Å². The quantitative estimate of drug-likeness (QED) is 0.319. The number of carbonyl (C=O) groups excluding carboxylic acids is 1. The lowest BCUT2D eigenvalue weighted by molar-refractivity contribution is 0.0935. The molecule has 1 aromatic carbocycles. The molecule has 0 bridgehead atoms. The van der Waals surface area contributed by atoms with Crippen molar-refractivity contribution in [1.82, 2.24) is 5.32 Å². The van der Waals surface area contributed by atoms with Gasteiger partial charge in [0.05, 0.1) is 18.2 Å².